The van der Waals surface area contributed by atoms with E-state index in [0.29, 0.717) is 6.42 Å². The summed E-state index contributed by atoms with van der Waals surface area (Å²) in [6, 6.07) is 19.4. The Morgan fingerprint density at radius 3 is 2.52 bits per heavy atom. The number of rotatable bonds is 5. The number of aromatic nitrogens is 3. The second-order valence-corrected chi connectivity index (χ2v) is 7.51. The number of pyridine rings is 1. The number of amides is 1. The van der Waals surface area contributed by atoms with Gasteiger partial charge in [-0.3, -0.25) is 4.79 Å². The molecule has 2 N–H and O–H groups in total. The number of carbonyl (C=O) groups is 1. The molecule has 1 aliphatic rings. The maximum atomic E-state index is 12.4. The fourth-order valence-corrected chi connectivity index (χ4v) is 3.47. The van der Waals surface area contributed by atoms with Crippen LogP contribution in [0.5, 0.6) is 0 Å². The standard InChI is InChI=1S/C23H20N4O2/c28-22(26-20-7-5-19(6-8-20)23(29)10-11-23)13-16-1-3-17(4-2-16)18-9-12-27-21(14-18)24-15-25-27/h1-9,12,14-15,29H,10-11,13H2,(H,26,28). The summed E-state index contributed by atoms with van der Waals surface area (Å²) >= 11 is 0. The van der Waals surface area contributed by atoms with Crippen molar-refractivity contribution in [2.45, 2.75) is 24.9 Å². The lowest BCUT2D eigenvalue weighted by atomic mass is 10.0. The maximum Gasteiger partial charge on any atom is 0.228 e. The molecule has 1 saturated carbocycles. The van der Waals surface area contributed by atoms with Gasteiger partial charge in [0, 0.05) is 11.9 Å². The van der Waals surface area contributed by atoms with Crippen LogP contribution in [0.3, 0.4) is 0 Å². The van der Waals surface area contributed by atoms with Gasteiger partial charge in [-0.25, -0.2) is 9.50 Å². The van der Waals surface area contributed by atoms with Gasteiger partial charge in [0.25, 0.3) is 0 Å². The molecule has 0 unspecified atom stereocenters. The topological polar surface area (TPSA) is 79.5 Å². The van der Waals surface area contributed by atoms with Gasteiger partial charge in [-0.2, -0.15) is 5.10 Å². The molecule has 1 aliphatic carbocycles. The molecule has 144 valence electrons. The largest absolute Gasteiger partial charge is 0.385 e. The second-order valence-electron chi connectivity index (χ2n) is 7.51. The van der Waals surface area contributed by atoms with E-state index in [4.69, 9.17) is 0 Å². The third kappa shape index (κ3) is 3.62. The third-order valence-electron chi connectivity index (χ3n) is 5.36. The average molecular weight is 384 g/mol. The van der Waals surface area contributed by atoms with Crippen molar-refractivity contribution in [2.75, 3.05) is 5.32 Å². The van der Waals surface area contributed by atoms with Crippen molar-refractivity contribution in [3.63, 3.8) is 0 Å². The summed E-state index contributed by atoms with van der Waals surface area (Å²) in [5.74, 6) is -0.0690. The molecule has 4 aromatic rings. The molecule has 0 aliphatic heterocycles. The lowest BCUT2D eigenvalue weighted by Crippen LogP contribution is -2.14. The van der Waals surface area contributed by atoms with Crippen molar-refractivity contribution < 1.29 is 9.90 Å². The van der Waals surface area contributed by atoms with Crippen LogP contribution < -0.4 is 5.32 Å². The zero-order valence-corrected chi connectivity index (χ0v) is 15.7. The van der Waals surface area contributed by atoms with Gasteiger partial charge in [0.05, 0.1) is 12.0 Å². The summed E-state index contributed by atoms with van der Waals surface area (Å²) in [5, 5.41) is 17.1. The highest BCUT2D eigenvalue weighted by atomic mass is 16.3. The highest BCUT2D eigenvalue weighted by molar-refractivity contribution is 5.92. The molecule has 1 fully saturated rings. The molecule has 0 atom stereocenters. The van der Waals surface area contributed by atoms with Crippen molar-refractivity contribution in [1.82, 2.24) is 14.6 Å². The highest BCUT2D eigenvalue weighted by Gasteiger charge is 2.41. The molecular weight excluding hydrogens is 364 g/mol. The fraction of sp³-hybridized carbons (Fsp3) is 0.174. The number of hydrogen-bond acceptors (Lipinski definition) is 4. The summed E-state index contributed by atoms with van der Waals surface area (Å²) in [4.78, 5) is 16.6. The summed E-state index contributed by atoms with van der Waals surface area (Å²) < 4.78 is 1.72. The van der Waals surface area contributed by atoms with Crippen molar-refractivity contribution in [3.8, 4) is 11.1 Å². The monoisotopic (exact) mass is 384 g/mol. The molecule has 6 heteroatoms. The predicted molar refractivity (Wildman–Crippen MR) is 110 cm³/mol. The number of nitrogens with one attached hydrogen (secondary N) is 1. The van der Waals surface area contributed by atoms with Crippen molar-refractivity contribution in [1.29, 1.82) is 0 Å². The van der Waals surface area contributed by atoms with Crippen LogP contribution in [-0.4, -0.2) is 25.6 Å². The fourth-order valence-electron chi connectivity index (χ4n) is 3.47. The van der Waals surface area contributed by atoms with Gasteiger partial charge in [0.2, 0.25) is 5.91 Å². The molecule has 5 rings (SSSR count). The molecule has 1 amide bonds. The van der Waals surface area contributed by atoms with Crippen LogP contribution in [0.15, 0.2) is 73.2 Å². The van der Waals surface area contributed by atoms with E-state index in [1.807, 2.05) is 66.9 Å². The minimum atomic E-state index is -0.650. The van der Waals surface area contributed by atoms with Gasteiger partial charge >= 0.3 is 0 Å². The zero-order chi connectivity index (χ0) is 19.8. The molecule has 6 nitrogen and oxygen atoms in total. The van der Waals surface area contributed by atoms with Gasteiger partial charge in [-0.1, -0.05) is 36.4 Å². The number of fused-ring (bicyclic) bond motifs is 1. The first-order valence-corrected chi connectivity index (χ1v) is 9.61. The Kier molecular flexibility index (Phi) is 4.14. The summed E-state index contributed by atoms with van der Waals surface area (Å²) in [7, 11) is 0. The van der Waals surface area contributed by atoms with Crippen molar-refractivity contribution in [2.24, 2.45) is 0 Å². The molecule has 2 heterocycles. The number of benzene rings is 2. The average Bonchev–Trinajstić information content (AvgIpc) is 3.31. The smallest absolute Gasteiger partial charge is 0.228 e. The van der Waals surface area contributed by atoms with Crippen molar-refractivity contribution in [3.05, 3.63) is 84.3 Å². The summed E-state index contributed by atoms with van der Waals surface area (Å²) in [6.07, 6.45) is 5.33. The van der Waals surface area contributed by atoms with E-state index in [-0.39, 0.29) is 5.91 Å². The van der Waals surface area contributed by atoms with Gasteiger partial charge in [0.1, 0.15) is 6.33 Å². The zero-order valence-electron chi connectivity index (χ0n) is 15.7. The van der Waals surface area contributed by atoms with E-state index in [0.717, 1.165) is 46.4 Å². The van der Waals surface area contributed by atoms with Gasteiger partial charge in [-0.05, 0) is 59.4 Å². The number of hydrogen-bond donors (Lipinski definition) is 2. The normalized spacial score (nSPS) is 14.7. The number of anilines is 1. The number of carbonyl (C=O) groups excluding carboxylic acids is 1. The minimum Gasteiger partial charge on any atom is -0.385 e. The van der Waals surface area contributed by atoms with Crippen LogP contribution in [0.2, 0.25) is 0 Å². The van der Waals surface area contributed by atoms with E-state index < -0.39 is 5.60 Å². The van der Waals surface area contributed by atoms with E-state index in [1.165, 1.54) is 6.33 Å². The van der Waals surface area contributed by atoms with Crippen LogP contribution in [0.25, 0.3) is 16.8 Å². The minimum absolute atomic E-state index is 0.0690. The summed E-state index contributed by atoms with van der Waals surface area (Å²) in [6.45, 7) is 0. The first kappa shape index (κ1) is 17.6. The van der Waals surface area contributed by atoms with Crippen LogP contribution >= 0.6 is 0 Å². The van der Waals surface area contributed by atoms with Gasteiger partial charge < -0.3 is 10.4 Å². The quantitative estimate of drug-likeness (QED) is 0.551. The third-order valence-corrected chi connectivity index (χ3v) is 5.36. The Balaban J connectivity index is 1.23. The lowest BCUT2D eigenvalue weighted by Gasteiger charge is -2.10. The van der Waals surface area contributed by atoms with Gasteiger partial charge in [-0.15, -0.1) is 0 Å². The van der Waals surface area contributed by atoms with E-state index in [9.17, 15) is 9.90 Å². The predicted octanol–water partition coefficient (Wildman–Crippen LogP) is 3.56. The first-order chi connectivity index (χ1) is 14.1. The molecule has 29 heavy (non-hydrogen) atoms. The Morgan fingerprint density at radius 2 is 1.79 bits per heavy atom. The molecule has 0 radical (unpaired) electrons. The molecule has 2 aromatic heterocycles. The van der Waals surface area contributed by atoms with Crippen LogP contribution in [0.4, 0.5) is 5.69 Å². The Morgan fingerprint density at radius 1 is 1.03 bits per heavy atom. The summed E-state index contributed by atoms with van der Waals surface area (Å²) in [5.41, 5.74) is 4.86. The maximum absolute atomic E-state index is 12.4. The highest BCUT2D eigenvalue weighted by Crippen LogP contribution is 2.45. The second kappa shape index (κ2) is 6.83. The molecule has 2 aromatic carbocycles. The van der Waals surface area contributed by atoms with Crippen LogP contribution in [0.1, 0.15) is 24.0 Å². The van der Waals surface area contributed by atoms with E-state index in [2.05, 4.69) is 15.4 Å². The van der Waals surface area contributed by atoms with E-state index >= 15 is 0 Å². The molecular formula is C23H20N4O2. The molecule has 0 bridgehead atoms. The van der Waals surface area contributed by atoms with Gasteiger partial charge in [0.15, 0.2) is 5.65 Å². The Bertz CT molecular complexity index is 1180. The molecule has 0 saturated heterocycles. The number of nitrogens with zero attached hydrogens (tertiary/aromatic N) is 3. The lowest BCUT2D eigenvalue weighted by molar-refractivity contribution is -0.115. The Labute approximate surface area is 167 Å². The molecule has 0 spiro atoms. The SMILES string of the molecule is O=C(Cc1ccc(-c2ccn3ncnc3c2)cc1)Nc1ccc(C2(O)CC2)cc1. The Hall–Kier alpha value is -3.51. The first-order valence-electron chi connectivity index (χ1n) is 9.61. The van der Waals surface area contributed by atoms with Crippen molar-refractivity contribution >= 4 is 17.2 Å². The van der Waals surface area contributed by atoms with Crippen LogP contribution in [0, 0.1) is 0 Å². The van der Waals surface area contributed by atoms with Crippen LogP contribution in [-0.2, 0) is 16.8 Å². The number of aliphatic hydroxyl groups is 1. The van der Waals surface area contributed by atoms with E-state index in [1.54, 1.807) is 4.52 Å².